The maximum atomic E-state index is 15.0. The first kappa shape index (κ1) is 55.0. The van der Waals surface area contributed by atoms with E-state index in [2.05, 4.69) is 84.6 Å². The summed E-state index contributed by atoms with van der Waals surface area (Å²) < 4.78 is 6.24. The number of aliphatic hydroxyl groups is 4. The predicted molar refractivity (Wildman–Crippen MR) is 293 cm³/mol. The van der Waals surface area contributed by atoms with Gasteiger partial charge in [-0.1, -0.05) is 128 Å². The van der Waals surface area contributed by atoms with Gasteiger partial charge in [0.15, 0.2) is 5.78 Å². The van der Waals surface area contributed by atoms with E-state index in [1.54, 1.807) is 0 Å². The Bertz CT molecular complexity index is 2710. The third kappa shape index (κ3) is 12.5. The van der Waals surface area contributed by atoms with Gasteiger partial charge in [0.25, 0.3) is 0 Å². The Morgan fingerprint density at radius 3 is 2.51 bits per heavy atom. The number of hydrogen-bond donors (Lipinski definition) is 8. The minimum Gasteiger partial charge on any atom is -0.393 e. The molecule has 5 aliphatic rings. The molecule has 2 saturated carbocycles. The maximum Gasteiger partial charge on any atom is 0.243 e. The lowest BCUT2D eigenvalue weighted by Crippen LogP contribution is -2.59. The number of amides is 1. The van der Waals surface area contributed by atoms with E-state index in [0.29, 0.717) is 92.9 Å². The molecule has 74 heavy (non-hydrogen) atoms. The molecule has 2 fully saturated rings. The summed E-state index contributed by atoms with van der Waals surface area (Å²) >= 11 is 0. The summed E-state index contributed by atoms with van der Waals surface area (Å²) in [6.45, 7) is 13.7. The van der Waals surface area contributed by atoms with E-state index in [0.717, 1.165) is 46.4 Å². The van der Waals surface area contributed by atoms with Gasteiger partial charge in [-0.15, -0.1) is 0 Å². The van der Waals surface area contributed by atoms with Gasteiger partial charge in [0.2, 0.25) is 5.91 Å². The number of aliphatic hydroxyl groups excluding tert-OH is 3. The molecule has 8 rings (SSSR count). The van der Waals surface area contributed by atoms with Gasteiger partial charge in [0.05, 0.1) is 30.5 Å². The van der Waals surface area contributed by atoms with Crippen molar-refractivity contribution in [1.29, 1.82) is 0 Å². The number of carbonyl (C=O) groups is 2. The van der Waals surface area contributed by atoms with Crippen LogP contribution in [0.25, 0.3) is 0 Å². The second-order valence-electron chi connectivity index (χ2n) is 22.0. The first-order chi connectivity index (χ1) is 35.6. The molecule has 3 heterocycles. The molecule has 11 heteroatoms. The molecule has 0 saturated heterocycles. The largest absolute Gasteiger partial charge is 0.393 e. The van der Waals surface area contributed by atoms with Gasteiger partial charge in [-0.05, 0) is 160 Å². The minimum absolute atomic E-state index is 0.00186. The molecular formula is C63H80N4O7. The molecule has 0 unspecified atom stereocenters. The Morgan fingerprint density at radius 2 is 1.72 bits per heavy atom. The van der Waals surface area contributed by atoms with E-state index in [9.17, 15) is 25.2 Å². The average Bonchev–Trinajstić information content (AvgIpc) is 3.71. The summed E-state index contributed by atoms with van der Waals surface area (Å²) in [4.78, 5) is 28.8. The Hall–Kier alpha value is -5.26. The van der Waals surface area contributed by atoms with Crippen molar-refractivity contribution in [2.75, 3.05) is 26.3 Å². The van der Waals surface area contributed by atoms with Crippen molar-refractivity contribution < 1.29 is 34.8 Å². The summed E-state index contributed by atoms with van der Waals surface area (Å²) in [5.74, 6) is 5.15. The fourth-order valence-corrected chi connectivity index (χ4v) is 12.9. The van der Waals surface area contributed by atoms with E-state index >= 15 is 4.79 Å². The molecule has 1 amide bonds. The average molecular weight is 1010 g/mol. The van der Waals surface area contributed by atoms with Gasteiger partial charge in [-0.25, -0.2) is 0 Å². The first-order valence-corrected chi connectivity index (χ1v) is 27.1. The SMILES string of the molecule is C=C1/C=C/C=C(\[C@H]2CC[C@@]3([C@@H]4CC[C@H](O)Cc5cc(cc(Cc6ccccc6)c5)CC[C@H](O)CN[C@@H]5C(=O)N[C@H](N)c6cccc(c65)CC(=O)C(C)=C4CC[C@@]3(C)O)[C@@H]2O)COCC#CC/C(C)=C/C[C@@H]1NCC. The number of benzene rings is 3. The second kappa shape index (κ2) is 24.6. The van der Waals surface area contributed by atoms with Crippen molar-refractivity contribution in [2.24, 2.45) is 23.0 Å². The summed E-state index contributed by atoms with van der Waals surface area (Å²) in [6.07, 6.45) is 11.1. The van der Waals surface area contributed by atoms with Crippen LogP contribution in [0.5, 0.6) is 0 Å². The van der Waals surface area contributed by atoms with Crippen LogP contribution in [-0.4, -0.2) is 88.4 Å². The lowest BCUT2D eigenvalue weighted by molar-refractivity contribution is -0.168. The molecule has 3 aliphatic heterocycles. The zero-order valence-corrected chi connectivity index (χ0v) is 44.1. The number of nitrogens with two attached hydrogens (primary N) is 1. The molecule has 0 radical (unpaired) electrons. The van der Waals surface area contributed by atoms with Gasteiger partial charge in [0.1, 0.15) is 18.8 Å². The fourth-order valence-electron chi connectivity index (χ4n) is 12.9. The summed E-state index contributed by atoms with van der Waals surface area (Å²) in [5, 5.41) is 59.5. The van der Waals surface area contributed by atoms with Crippen LogP contribution in [0.15, 0.2) is 125 Å². The van der Waals surface area contributed by atoms with E-state index in [4.69, 9.17) is 10.5 Å². The smallest absolute Gasteiger partial charge is 0.243 e. The fraction of sp³-hybridized carbons (Fsp3) is 0.492. The normalized spacial score (nSPS) is 32.7. The number of nitrogens with one attached hydrogen (secondary N) is 3. The Balaban J connectivity index is 1.19. The van der Waals surface area contributed by atoms with Crippen molar-refractivity contribution in [3.05, 3.63) is 164 Å². The van der Waals surface area contributed by atoms with E-state index in [1.165, 1.54) is 11.1 Å². The van der Waals surface area contributed by atoms with Crippen molar-refractivity contribution in [3.8, 4) is 11.8 Å². The van der Waals surface area contributed by atoms with Gasteiger partial charge >= 0.3 is 0 Å². The Kier molecular flexibility index (Phi) is 18.3. The van der Waals surface area contributed by atoms with Crippen LogP contribution in [0.3, 0.4) is 0 Å². The lowest BCUT2D eigenvalue weighted by atomic mass is 9.52. The molecule has 0 aromatic heterocycles. The minimum atomic E-state index is -1.33. The molecular weight excluding hydrogens is 925 g/mol. The third-order valence-corrected chi connectivity index (χ3v) is 16.9. The number of hydrogen-bond acceptors (Lipinski definition) is 10. The third-order valence-electron chi connectivity index (χ3n) is 16.9. The number of likely N-dealkylation sites (N-methyl/N-ethyl adjacent to an activating group) is 1. The maximum absolute atomic E-state index is 15.0. The summed E-state index contributed by atoms with van der Waals surface area (Å²) in [6, 6.07) is 21.6. The molecule has 10 atom stereocenters. The number of ketones is 1. The molecule has 9 N–H and O–H groups in total. The molecule has 3 aromatic rings. The molecule has 11 nitrogen and oxygen atoms in total. The quantitative estimate of drug-likeness (QED) is 0.0927. The van der Waals surface area contributed by atoms with Crippen LogP contribution in [0, 0.1) is 29.1 Å². The predicted octanol–water partition coefficient (Wildman–Crippen LogP) is 7.81. The van der Waals surface area contributed by atoms with E-state index < -0.39 is 47.5 Å². The van der Waals surface area contributed by atoms with Crippen molar-refractivity contribution >= 4 is 11.7 Å². The molecule has 394 valence electrons. The van der Waals surface area contributed by atoms with Crippen LogP contribution in [0.4, 0.5) is 0 Å². The Labute approximate surface area is 439 Å². The zero-order valence-electron chi connectivity index (χ0n) is 44.1. The Morgan fingerprint density at radius 1 is 0.919 bits per heavy atom. The zero-order chi connectivity index (χ0) is 52.6. The van der Waals surface area contributed by atoms with Gasteiger partial charge in [0, 0.05) is 36.8 Å². The number of carbonyl (C=O) groups excluding carboxylic acids is 2. The van der Waals surface area contributed by atoms with Crippen LogP contribution >= 0.6 is 0 Å². The number of allylic oxidation sites excluding steroid dienone is 5. The van der Waals surface area contributed by atoms with Crippen molar-refractivity contribution in [1.82, 2.24) is 16.0 Å². The monoisotopic (exact) mass is 1000 g/mol. The number of Topliss-reactive ketones (excluding diaryl/α,β-unsaturated/α-hetero) is 1. The number of β-amino-alcohol motifs (C(OH)–C–C–N with tert-alkyl or cyclic N) is 1. The number of fused-ring (bicyclic) bond motifs is 4. The topological polar surface area (TPSA) is 186 Å². The van der Waals surface area contributed by atoms with Crippen LogP contribution in [0.2, 0.25) is 0 Å². The molecule has 2 aliphatic carbocycles. The molecule has 3 aromatic carbocycles. The highest BCUT2D eigenvalue weighted by atomic mass is 16.5. The summed E-state index contributed by atoms with van der Waals surface area (Å²) in [7, 11) is 0. The highest BCUT2D eigenvalue weighted by Crippen LogP contribution is 2.63. The van der Waals surface area contributed by atoms with Crippen LogP contribution < -0.4 is 21.7 Å². The summed E-state index contributed by atoms with van der Waals surface area (Å²) in [5.41, 5.74) is 15.0. The lowest BCUT2D eigenvalue weighted by Gasteiger charge is -2.56. The number of rotatable bonds is 5. The van der Waals surface area contributed by atoms with Gasteiger partial charge in [-0.2, -0.15) is 0 Å². The molecule has 2 bridgehead atoms. The highest BCUT2D eigenvalue weighted by Gasteiger charge is 2.64. The molecule has 1 spiro atoms. The van der Waals surface area contributed by atoms with Crippen molar-refractivity contribution in [2.45, 2.75) is 153 Å². The van der Waals surface area contributed by atoms with E-state index in [-0.39, 0.29) is 49.8 Å². The number of ether oxygens (including phenoxy) is 1. The van der Waals surface area contributed by atoms with E-state index in [1.807, 2.05) is 68.5 Å². The van der Waals surface area contributed by atoms with Gasteiger partial charge in [-0.3, -0.25) is 14.9 Å². The second-order valence-corrected chi connectivity index (χ2v) is 22.0. The standard InChI is InChI=1S/C63H80N4O7/c1-6-65-55-26-21-40(2)14-10-11-31-74-39-48(19-12-15-41(55)3)52-28-30-63(59(52)71)54-25-24-49(68)36-46-34-44(33-45(35-46)32-43-16-8-7-9-17-43)22-23-50(69)38-66-58-57-47(18-13-20-53(57)60(64)67-61(58)72)37-56(70)42(4)51(54)27-29-62(63,5)73/h7-9,12-13,15-21,33-35,49-50,52,54-55,58-60,65-66,68-69,71,73H,3,6,14,22-32,36-39,64H2,1-2,4-5H3,(H,67,72)/b15-12+,40-21+,48-19-,51-42?/t49-,50-,52+,54+,55-,58-,59+,60-,62+,63+/m0/s1. The van der Waals surface area contributed by atoms with Gasteiger partial charge < -0.3 is 41.5 Å². The van der Waals surface area contributed by atoms with Crippen molar-refractivity contribution in [3.63, 3.8) is 0 Å². The first-order valence-electron chi connectivity index (χ1n) is 27.1. The van der Waals surface area contributed by atoms with Crippen LogP contribution in [-0.2, 0) is 40.0 Å². The van der Waals surface area contributed by atoms with Crippen LogP contribution in [0.1, 0.15) is 137 Å². The number of aryl methyl sites for hydroxylation is 1. The highest BCUT2D eigenvalue weighted by molar-refractivity contribution is 5.98.